The van der Waals surface area contributed by atoms with Crippen LogP contribution in [0.4, 0.5) is 5.13 Å². The summed E-state index contributed by atoms with van der Waals surface area (Å²) >= 11 is 1.26. The van der Waals surface area contributed by atoms with E-state index in [1.807, 2.05) is 6.92 Å². The molecule has 0 aliphatic carbocycles. The highest BCUT2D eigenvalue weighted by molar-refractivity contribution is 7.89. The van der Waals surface area contributed by atoms with Crippen LogP contribution in [0.1, 0.15) is 30.1 Å². The molecule has 2 N–H and O–H groups in total. The Balaban J connectivity index is 1.90. The first-order valence-electron chi connectivity index (χ1n) is 9.26. The van der Waals surface area contributed by atoms with Gasteiger partial charge in [0.2, 0.25) is 15.2 Å². The Morgan fingerprint density at radius 1 is 1.17 bits per heavy atom. The molecule has 3 rings (SSSR count). The Morgan fingerprint density at radius 3 is 2.53 bits per heavy atom. The summed E-state index contributed by atoms with van der Waals surface area (Å²) in [6, 6.07) is 13.0. The van der Waals surface area contributed by atoms with Gasteiger partial charge in [-0.05, 0) is 36.8 Å². The van der Waals surface area contributed by atoms with Gasteiger partial charge in [-0.1, -0.05) is 42.9 Å². The third kappa shape index (κ3) is 5.02. The Morgan fingerprint density at radius 2 is 1.90 bits per heavy atom. The van der Waals surface area contributed by atoms with Crippen LogP contribution < -0.4 is 14.8 Å². The van der Waals surface area contributed by atoms with Gasteiger partial charge in [-0.25, -0.2) is 13.6 Å². The first-order chi connectivity index (χ1) is 14.3. The third-order valence-corrected chi connectivity index (χ3v) is 6.30. The number of amides is 1. The van der Waals surface area contributed by atoms with Crippen LogP contribution in [0.3, 0.4) is 0 Å². The fraction of sp³-hybridized carbons (Fsp3) is 0.250. The van der Waals surface area contributed by atoms with E-state index in [0.717, 1.165) is 12.8 Å². The molecular weight excluding hydrogens is 424 g/mol. The van der Waals surface area contributed by atoms with E-state index in [0.29, 0.717) is 33.6 Å². The third-order valence-electron chi connectivity index (χ3n) is 4.37. The normalized spacial score (nSPS) is 11.3. The average Bonchev–Trinajstić information content (AvgIpc) is 3.23. The molecule has 8 nitrogen and oxygen atoms in total. The molecule has 1 amide bonds. The molecular formula is C20H22N4O4S2. The van der Waals surface area contributed by atoms with Crippen LogP contribution in [-0.4, -0.2) is 38.2 Å². The molecule has 158 valence electrons. The number of anilines is 1. The van der Waals surface area contributed by atoms with Gasteiger partial charge in [-0.3, -0.25) is 9.69 Å². The lowest BCUT2D eigenvalue weighted by Gasteiger charge is -2.19. The highest BCUT2D eigenvalue weighted by Crippen LogP contribution is 2.30. The summed E-state index contributed by atoms with van der Waals surface area (Å²) in [6.07, 6.45) is 1.73. The van der Waals surface area contributed by atoms with Gasteiger partial charge in [0.1, 0.15) is 10.8 Å². The van der Waals surface area contributed by atoms with Crippen molar-refractivity contribution in [2.75, 3.05) is 18.6 Å². The molecule has 0 saturated heterocycles. The van der Waals surface area contributed by atoms with Crippen LogP contribution in [0.5, 0.6) is 5.75 Å². The first kappa shape index (κ1) is 21.9. The molecule has 0 spiro atoms. The monoisotopic (exact) mass is 446 g/mol. The van der Waals surface area contributed by atoms with Gasteiger partial charge < -0.3 is 4.74 Å². The number of carbonyl (C=O) groups is 1. The van der Waals surface area contributed by atoms with Crippen LogP contribution >= 0.6 is 11.3 Å². The Kier molecular flexibility index (Phi) is 6.80. The highest BCUT2D eigenvalue weighted by atomic mass is 32.2. The van der Waals surface area contributed by atoms with Crippen molar-refractivity contribution in [3.63, 3.8) is 0 Å². The molecule has 0 atom stereocenters. The van der Waals surface area contributed by atoms with E-state index in [2.05, 4.69) is 10.2 Å². The largest absolute Gasteiger partial charge is 0.497 e. The van der Waals surface area contributed by atoms with Crippen molar-refractivity contribution in [3.05, 3.63) is 54.1 Å². The minimum absolute atomic E-state index is 0.0220. The SMILES string of the molecule is CCCCN(C(=O)c1cccc(OC)c1)c1nnc(-c2ccc(S(N)(=O)=O)cc2)s1. The number of nitrogens with zero attached hydrogens (tertiary/aromatic N) is 3. The van der Waals surface area contributed by atoms with Crippen molar-refractivity contribution in [1.82, 2.24) is 10.2 Å². The van der Waals surface area contributed by atoms with E-state index in [1.165, 1.54) is 23.5 Å². The predicted molar refractivity (Wildman–Crippen MR) is 116 cm³/mol. The first-order valence-corrected chi connectivity index (χ1v) is 11.6. The number of methoxy groups -OCH3 is 1. The molecule has 0 bridgehead atoms. The summed E-state index contributed by atoms with van der Waals surface area (Å²) in [7, 11) is -2.21. The van der Waals surface area contributed by atoms with Crippen molar-refractivity contribution < 1.29 is 17.9 Å². The zero-order valence-electron chi connectivity index (χ0n) is 16.6. The van der Waals surface area contributed by atoms with Crippen molar-refractivity contribution in [2.45, 2.75) is 24.7 Å². The van der Waals surface area contributed by atoms with Gasteiger partial charge in [0.15, 0.2) is 0 Å². The maximum atomic E-state index is 13.1. The number of benzene rings is 2. The summed E-state index contributed by atoms with van der Waals surface area (Å²) in [5.41, 5.74) is 1.19. The van der Waals surface area contributed by atoms with E-state index >= 15 is 0 Å². The van der Waals surface area contributed by atoms with E-state index in [9.17, 15) is 13.2 Å². The van der Waals surface area contributed by atoms with Gasteiger partial charge in [0.25, 0.3) is 5.91 Å². The number of sulfonamides is 1. The van der Waals surface area contributed by atoms with Crippen molar-refractivity contribution >= 4 is 32.4 Å². The van der Waals surface area contributed by atoms with E-state index < -0.39 is 10.0 Å². The lowest BCUT2D eigenvalue weighted by Crippen LogP contribution is -2.31. The lowest BCUT2D eigenvalue weighted by molar-refractivity contribution is 0.0986. The topological polar surface area (TPSA) is 115 Å². The fourth-order valence-corrected chi connectivity index (χ4v) is 4.13. The van der Waals surface area contributed by atoms with Crippen molar-refractivity contribution in [3.8, 4) is 16.3 Å². The standard InChI is InChI=1S/C20H22N4O4S2/c1-3-4-12-24(19(25)15-6-5-7-16(13-15)28-2)20-23-22-18(29-20)14-8-10-17(11-9-14)30(21,26)27/h5-11,13H,3-4,12H2,1-2H3,(H2,21,26,27). The number of ether oxygens (including phenoxy) is 1. The van der Waals surface area contributed by atoms with E-state index in [4.69, 9.17) is 9.88 Å². The zero-order valence-corrected chi connectivity index (χ0v) is 18.2. The minimum atomic E-state index is -3.76. The van der Waals surface area contributed by atoms with Crippen molar-refractivity contribution in [1.29, 1.82) is 0 Å². The Labute approximate surface area is 179 Å². The second-order valence-corrected chi connectivity index (χ2v) is 9.02. The van der Waals surface area contributed by atoms with Gasteiger partial charge in [0.05, 0.1) is 12.0 Å². The maximum absolute atomic E-state index is 13.1. The quantitative estimate of drug-likeness (QED) is 0.568. The highest BCUT2D eigenvalue weighted by Gasteiger charge is 2.22. The van der Waals surface area contributed by atoms with Crippen molar-refractivity contribution in [2.24, 2.45) is 5.14 Å². The fourth-order valence-electron chi connectivity index (χ4n) is 2.74. The van der Waals surface area contributed by atoms with Gasteiger partial charge >= 0.3 is 0 Å². The van der Waals surface area contributed by atoms with E-state index in [1.54, 1.807) is 48.4 Å². The summed E-state index contributed by atoms with van der Waals surface area (Å²) in [6.45, 7) is 2.55. The van der Waals surface area contributed by atoms with Crippen LogP contribution in [0.2, 0.25) is 0 Å². The zero-order chi connectivity index (χ0) is 21.7. The Hall–Kier alpha value is -2.82. The minimum Gasteiger partial charge on any atom is -0.497 e. The number of hydrogen-bond acceptors (Lipinski definition) is 7. The molecule has 0 saturated carbocycles. The van der Waals surface area contributed by atoms with Gasteiger partial charge in [0, 0.05) is 17.7 Å². The molecule has 0 aliphatic heterocycles. The number of aromatic nitrogens is 2. The number of unbranched alkanes of at least 4 members (excludes halogenated alkanes) is 1. The molecule has 0 radical (unpaired) electrons. The van der Waals surface area contributed by atoms with E-state index in [-0.39, 0.29) is 10.8 Å². The number of carbonyl (C=O) groups excluding carboxylic acids is 1. The molecule has 10 heteroatoms. The molecule has 0 fully saturated rings. The number of primary sulfonamides is 1. The maximum Gasteiger partial charge on any atom is 0.260 e. The lowest BCUT2D eigenvalue weighted by atomic mass is 10.2. The molecule has 3 aromatic rings. The van der Waals surface area contributed by atoms with Crippen LogP contribution in [-0.2, 0) is 10.0 Å². The predicted octanol–water partition coefficient (Wildman–Crippen LogP) is 3.31. The van der Waals surface area contributed by atoms with Crippen LogP contribution in [0.15, 0.2) is 53.4 Å². The molecule has 2 aromatic carbocycles. The van der Waals surface area contributed by atoms with Gasteiger partial charge in [-0.2, -0.15) is 0 Å². The molecule has 30 heavy (non-hydrogen) atoms. The molecule has 1 aromatic heterocycles. The summed E-state index contributed by atoms with van der Waals surface area (Å²) in [5, 5.41) is 14.6. The molecule has 0 aliphatic rings. The summed E-state index contributed by atoms with van der Waals surface area (Å²) < 4.78 is 28.1. The Bertz CT molecular complexity index is 1130. The second kappa shape index (κ2) is 9.33. The van der Waals surface area contributed by atoms with Gasteiger partial charge in [-0.15, -0.1) is 10.2 Å². The smallest absolute Gasteiger partial charge is 0.260 e. The average molecular weight is 447 g/mol. The number of hydrogen-bond donors (Lipinski definition) is 1. The second-order valence-electron chi connectivity index (χ2n) is 6.50. The number of rotatable bonds is 8. The summed E-state index contributed by atoms with van der Waals surface area (Å²) in [4.78, 5) is 14.8. The summed E-state index contributed by atoms with van der Waals surface area (Å²) in [5.74, 6) is 0.416. The molecule has 0 unspecified atom stereocenters. The molecule has 1 heterocycles. The number of nitrogens with two attached hydrogens (primary N) is 1. The van der Waals surface area contributed by atoms with Crippen LogP contribution in [0, 0.1) is 0 Å². The van der Waals surface area contributed by atoms with Crippen LogP contribution in [0.25, 0.3) is 10.6 Å².